The highest BCUT2D eigenvalue weighted by molar-refractivity contribution is 5.76. The zero-order valence-electron chi connectivity index (χ0n) is 22.6. The highest BCUT2D eigenvalue weighted by atomic mass is 16.5. The van der Waals surface area contributed by atoms with E-state index in [0.717, 1.165) is 25.2 Å². The van der Waals surface area contributed by atoms with Gasteiger partial charge in [-0.15, -0.1) is 0 Å². The fourth-order valence-corrected chi connectivity index (χ4v) is 5.89. The second-order valence-electron chi connectivity index (χ2n) is 10.7. The molecule has 1 saturated carbocycles. The van der Waals surface area contributed by atoms with Gasteiger partial charge in [0.2, 0.25) is 5.91 Å². The van der Waals surface area contributed by atoms with Crippen molar-refractivity contribution >= 4 is 11.9 Å². The van der Waals surface area contributed by atoms with Crippen molar-refractivity contribution in [1.82, 2.24) is 4.90 Å². The maximum Gasteiger partial charge on any atom is 0.305 e. The summed E-state index contributed by atoms with van der Waals surface area (Å²) in [5.41, 5.74) is 7.94. The standard InChI is InChI=1S/C29H47NO3/c1-18-13-15-26(19(18)2)25(11-10-12-29(32)33-9)14-16-28(31)30(8)17-27-23(6)21(4)20(3)22(5)24(27)7/h18-19,25-26H,10-17H2,1-9H3/t18-,19?,25-,26+/m1/s1. The molecule has 1 aliphatic carbocycles. The van der Waals surface area contributed by atoms with Crippen LogP contribution in [0.4, 0.5) is 0 Å². The van der Waals surface area contributed by atoms with Crippen molar-refractivity contribution < 1.29 is 14.3 Å². The number of hydrogen-bond acceptors (Lipinski definition) is 3. The maximum atomic E-state index is 13.2. The minimum Gasteiger partial charge on any atom is -0.469 e. The number of amides is 1. The second kappa shape index (κ2) is 12.0. The van der Waals surface area contributed by atoms with Gasteiger partial charge in [0.05, 0.1) is 7.11 Å². The topological polar surface area (TPSA) is 46.6 Å². The van der Waals surface area contributed by atoms with Crippen LogP contribution in [-0.4, -0.2) is 30.9 Å². The third kappa shape index (κ3) is 6.61. The molecule has 0 bridgehead atoms. The molecule has 0 saturated heterocycles. The van der Waals surface area contributed by atoms with Crippen molar-refractivity contribution in [2.75, 3.05) is 14.2 Å². The minimum atomic E-state index is -0.133. The van der Waals surface area contributed by atoms with Gasteiger partial charge in [-0.05, 0) is 117 Å². The fourth-order valence-electron chi connectivity index (χ4n) is 5.89. The lowest BCUT2D eigenvalue weighted by molar-refractivity contribution is -0.140. The third-order valence-electron chi connectivity index (χ3n) is 9.02. The van der Waals surface area contributed by atoms with Crippen molar-refractivity contribution in [3.8, 4) is 0 Å². The van der Waals surface area contributed by atoms with Crippen LogP contribution in [0.1, 0.15) is 92.2 Å². The Balaban J connectivity index is 2.04. The number of carbonyl (C=O) groups excluding carboxylic acids is 2. The van der Waals surface area contributed by atoms with E-state index in [1.54, 1.807) is 0 Å². The number of rotatable bonds is 10. The second-order valence-corrected chi connectivity index (χ2v) is 10.7. The number of nitrogens with zero attached hydrogens (tertiary/aromatic N) is 1. The lowest BCUT2D eigenvalue weighted by Crippen LogP contribution is -2.29. The Kier molecular flexibility index (Phi) is 10.00. The Morgan fingerprint density at radius 1 is 0.909 bits per heavy atom. The monoisotopic (exact) mass is 457 g/mol. The van der Waals surface area contributed by atoms with Crippen molar-refractivity contribution in [1.29, 1.82) is 0 Å². The zero-order valence-corrected chi connectivity index (χ0v) is 22.6. The molecule has 1 aliphatic rings. The molecular weight excluding hydrogens is 410 g/mol. The van der Waals surface area contributed by atoms with Crippen LogP contribution in [-0.2, 0) is 20.9 Å². The van der Waals surface area contributed by atoms with Gasteiger partial charge in [-0.1, -0.05) is 20.3 Å². The van der Waals surface area contributed by atoms with Crippen molar-refractivity contribution in [2.45, 2.75) is 100.0 Å². The van der Waals surface area contributed by atoms with Crippen LogP contribution in [0.3, 0.4) is 0 Å². The van der Waals surface area contributed by atoms with E-state index in [0.29, 0.717) is 37.1 Å². The van der Waals surface area contributed by atoms with E-state index in [4.69, 9.17) is 4.74 Å². The van der Waals surface area contributed by atoms with Crippen LogP contribution < -0.4 is 0 Å². The molecule has 4 nitrogen and oxygen atoms in total. The number of esters is 1. The lowest BCUT2D eigenvalue weighted by Gasteiger charge is -2.29. The van der Waals surface area contributed by atoms with Crippen LogP contribution in [0.5, 0.6) is 0 Å². The van der Waals surface area contributed by atoms with E-state index < -0.39 is 0 Å². The Bertz CT molecular complexity index is 815. The van der Waals surface area contributed by atoms with Crippen LogP contribution in [0.2, 0.25) is 0 Å². The maximum absolute atomic E-state index is 13.2. The quantitative estimate of drug-likeness (QED) is 0.371. The van der Waals surface area contributed by atoms with Gasteiger partial charge in [-0.2, -0.15) is 0 Å². The van der Waals surface area contributed by atoms with E-state index in [1.165, 1.54) is 53.3 Å². The van der Waals surface area contributed by atoms with Crippen LogP contribution >= 0.6 is 0 Å². The molecular formula is C29H47NO3. The van der Waals surface area contributed by atoms with E-state index in [-0.39, 0.29) is 11.9 Å². The molecule has 0 heterocycles. The molecule has 1 fully saturated rings. The molecule has 1 aromatic carbocycles. The molecule has 0 aromatic heterocycles. The van der Waals surface area contributed by atoms with Crippen molar-refractivity contribution in [3.63, 3.8) is 0 Å². The predicted octanol–water partition coefficient (Wildman–Crippen LogP) is 6.61. The first-order chi connectivity index (χ1) is 15.5. The molecule has 4 heteroatoms. The van der Waals surface area contributed by atoms with Gasteiger partial charge in [0.1, 0.15) is 0 Å². The lowest BCUT2D eigenvalue weighted by atomic mass is 9.77. The van der Waals surface area contributed by atoms with E-state index in [9.17, 15) is 9.59 Å². The summed E-state index contributed by atoms with van der Waals surface area (Å²) >= 11 is 0. The highest BCUT2D eigenvalue weighted by Gasteiger charge is 2.35. The number of hydrogen-bond donors (Lipinski definition) is 0. The Hall–Kier alpha value is -1.84. The van der Waals surface area contributed by atoms with Gasteiger partial charge in [-0.25, -0.2) is 0 Å². The predicted molar refractivity (Wildman–Crippen MR) is 136 cm³/mol. The molecule has 1 aromatic rings. The highest BCUT2D eigenvalue weighted by Crippen LogP contribution is 2.44. The first kappa shape index (κ1) is 27.4. The summed E-state index contributed by atoms with van der Waals surface area (Å²) in [5, 5.41) is 0. The summed E-state index contributed by atoms with van der Waals surface area (Å²) in [4.78, 5) is 26.7. The van der Waals surface area contributed by atoms with Crippen LogP contribution in [0, 0.1) is 58.3 Å². The Morgan fingerprint density at radius 2 is 1.48 bits per heavy atom. The summed E-state index contributed by atoms with van der Waals surface area (Å²) in [5.74, 6) is 2.68. The van der Waals surface area contributed by atoms with Gasteiger partial charge < -0.3 is 9.64 Å². The molecule has 1 amide bonds. The average molecular weight is 458 g/mol. The van der Waals surface area contributed by atoms with Gasteiger partial charge in [0.15, 0.2) is 0 Å². The molecule has 0 N–H and O–H groups in total. The number of methoxy groups -OCH3 is 1. The normalized spacial score (nSPS) is 21.2. The van der Waals surface area contributed by atoms with Crippen molar-refractivity contribution in [2.24, 2.45) is 23.7 Å². The smallest absolute Gasteiger partial charge is 0.305 e. The number of benzene rings is 1. The molecule has 2 rings (SSSR count). The third-order valence-corrected chi connectivity index (χ3v) is 9.02. The zero-order chi connectivity index (χ0) is 24.9. The van der Waals surface area contributed by atoms with Crippen molar-refractivity contribution in [3.05, 3.63) is 33.4 Å². The fraction of sp³-hybridized carbons (Fsp3) is 0.724. The summed E-state index contributed by atoms with van der Waals surface area (Å²) in [7, 11) is 3.40. The van der Waals surface area contributed by atoms with Crippen LogP contribution in [0.15, 0.2) is 0 Å². The minimum absolute atomic E-state index is 0.133. The summed E-state index contributed by atoms with van der Waals surface area (Å²) in [6.07, 6.45) is 6.34. The SMILES string of the molecule is COC(=O)CCC[C@H](CCC(=O)N(C)Cc1c(C)c(C)c(C)c(C)c1C)[C@H]1CC[C@@H](C)C1C. The molecule has 1 unspecified atom stereocenters. The molecule has 0 radical (unpaired) electrons. The summed E-state index contributed by atoms with van der Waals surface area (Å²) < 4.78 is 4.83. The molecule has 4 atom stereocenters. The summed E-state index contributed by atoms with van der Waals surface area (Å²) in [6.45, 7) is 16.3. The molecule has 0 spiro atoms. The molecule has 186 valence electrons. The van der Waals surface area contributed by atoms with E-state index in [1.807, 2.05) is 11.9 Å². The van der Waals surface area contributed by atoms with Gasteiger partial charge in [0, 0.05) is 26.4 Å². The average Bonchev–Trinajstić information content (AvgIpc) is 3.13. The largest absolute Gasteiger partial charge is 0.469 e. The van der Waals surface area contributed by atoms with E-state index in [2.05, 4.69) is 48.5 Å². The van der Waals surface area contributed by atoms with Crippen LogP contribution in [0.25, 0.3) is 0 Å². The first-order valence-corrected chi connectivity index (χ1v) is 12.9. The molecule has 33 heavy (non-hydrogen) atoms. The van der Waals surface area contributed by atoms with Gasteiger partial charge in [-0.3, -0.25) is 9.59 Å². The van der Waals surface area contributed by atoms with Gasteiger partial charge >= 0.3 is 5.97 Å². The van der Waals surface area contributed by atoms with E-state index >= 15 is 0 Å². The van der Waals surface area contributed by atoms with Gasteiger partial charge in [0.25, 0.3) is 0 Å². The summed E-state index contributed by atoms with van der Waals surface area (Å²) in [6, 6.07) is 0. The molecule has 0 aliphatic heterocycles. The number of ether oxygens (including phenoxy) is 1. The number of carbonyl (C=O) groups is 2. The first-order valence-electron chi connectivity index (χ1n) is 12.9. The Morgan fingerprint density at radius 3 is 2.00 bits per heavy atom. The Labute approximate surface area is 202 Å².